The first kappa shape index (κ1) is 15.5. The van der Waals surface area contributed by atoms with Crippen LogP contribution in [-0.4, -0.2) is 21.0 Å². The van der Waals surface area contributed by atoms with E-state index in [0.29, 0.717) is 11.7 Å². The lowest BCUT2D eigenvalue weighted by Crippen LogP contribution is -2.17. The van der Waals surface area contributed by atoms with E-state index in [9.17, 15) is 9.90 Å². The summed E-state index contributed by atoms with van der Waals surface area (Å²) < 4.78 is 0. The topological polar surface area (TPSA) is 75.1 Å². The minimum absolute atomic E-state index is 0.134. The molecule has 0 atom stereocenters. The molecule has 0 radical (unpaired) electrons. The van der Waals surface area contributed by atoms with Crippen LogP contribution in [0.15, 0.2) is 18.2 Å². The van der Waals surface area contributed by atoms with Crippen molar-refractivity contribution in [2.24, 2.45) is 5.92 Å². The minimum Gasteiger partial charge on any atom is -0.508 e. The standard InChI is InChI=1S/C18H21N3O2/c1-10(2)8-16-18(19-11(3)22)21-15-7-4-12-9-13(23)5-6-14(12)17(15)20-16/h5-6,9-10,23H,4,7-8H2,1-3H3,(H,19,21,22). The molecule has 120 valence electrons. The number of rotatable bonds is 3. The summed E-state index contributed by atoms with van der Waals surface area (Å²) in [6.45, 7) is 5.72. The molecule has 0 saturated heterocycles. The van der Waals surface area contributed by atoms with Crippen molar-refractivity contribution in [3.05, 3.63) is 35.2 Å². The van der Waals surface area contributed by atoms with Crippen molar-refractivity contribution in [1.29, 1.82) is 0 Å². The number of carbonyl (C=O) groups excluding carboxylic acids is 1. The zero-order valence-corrected chi connectivity index (χ0v) is 13.7. The molecule has 2 N–H and O–H groups in total. The second-order valence-electron chi connectivity index (χ2n) is 6.43. The summed E-state index contributed by atoms with van der Waals surface area (Å²) in [5.41, 5.74) is 4.70. The number of hydrogen-bond donors (Lipinski definition) is 2. The number of aromatic hydroxyl groups is 1. The second kappa shape index (κ2) is 5.99. The summed E-state index contributed by atoms with van der Waals surface area (Å²) in [5, 5.41) is 12.5. The molecule has 0 spiro atoms. The number of carbonyl (C=O) groups is 1. The van der Waals surface area contributed by atoms with E-state index in [1.54, 1.807) is 12.1 Å². The number of nitrogens with one attached hydrogen (secondary N) is 1. The summed E-state index contributed by atoms with van der Waals surface area (Å²) in [4.78, 5) is 20.9. The Hall–Kier alpha value is -2.43. The summed E-state index contributed by atoms with van der Waals surface area (Å²) >= 11 is 0. The van der Waals surface area contributed by atoms with Gasteiger partial charge < -0.3 is 10.4 Å². The van der Waals surface area contributed by atoms with Crippen LogP contribution in [0.25, 0.3) is 11.3 Å². The van der Waals surface area contributed by atoms with Gasteiger partial charge in [-0.05, 0) is 48.9 Å². The van der Waals surface area contributed by atoms with Crippen LogP contribution in [0.2, 0.25) is 0 Å². The Bertz CT molecular complexity index is 769. The predicted molar refractivity (Wildman–Crippen MR) is 89.4 cm³/mol. The van der Waals surface area contributed by atoms with Crippen molar-refractivity contribution in [3.8, 4) is 17.0 Å². The SMILES string of the molecule is CC(=O)Nc1nc2c(nc1CC(C)C)-c1ccc(O)cc1CC2. The van der Waals surface area contributed by atoms with Gasteiger partial charge in [-0.1, -0.05) is 13.8 Å². The van der Waals surface area contributed by atoms with Crippen LogP contribution in [0.4, 0.5) is 5.82 Å². The van der Waals surface area contributed by atoms with Crippen molar-refractivity contribution >= 4 is 11.7 Å². The van der Waals surface area contributed by atoms with E-state index < -0.39 is 0 Å². The number of aromatic nitrogens is 2. The Morgan fingerprint density at radius 3 is 2.78 bits per heavy atom. The third-order valence-electron chi connectivity index (χ3n) is 3.91. The minimum atomic E-state index is -0.134. The van der Waals surface area contributed by atoms with Crippen LogP contribution >= 0.6 is 0 Å². The Morgan fingerprint density at radius 1 is 1.30 bits per heavy atom. The Labute approximate surface area is 135 Å². The lowest BCUT2D eigenvalue weighted by molar-refractivity contribution is -0.114. The molecule has 2 aromatic rings. The average Bonchev–Trinajstić information content (AvgIpc) is 2.46. The highest BCUT2D eigenvalue weighted by Crippen LogP contribution is 2.34. The molecular formula is C18H21N3O2. The van der Waals surface area contributed by atoms with Crippen LogP contribution in [0.5, 0.6) is 5.75 Å². The molecule has 1 aliphatic carbocycles. The monoisotopic (exact) mass is 311 g/mol. The van der Waals surface area contributed by atoms with Crippen LogP contribution in [0, 0.1) is 5.92 Å². The van der Waals surface area contributed by atoms with Gasteiger partial charge in [-0.15, -0.1) is 0 Å². The molecule has 1 amide bonds. The van der Waals surface area contributed by atoms with Gasteiger partial charge >= 0.3 is 0 Å². The van der Waals surface area contributed by atoms with Gasteiger partial charge in [0.1, 0.15) is 5.75 Å². The van der Waals surface area contributed by atoms with Crippen LogP contribution in [0.3, 0.4) is 0 Å². The fraction of sp³-hybridized carbons (Fsp3) is 0.389. The first-order chi connectivity index (χ1) is 10.9. The third-order valence-corrected chi connectivity index (χ3v) is 3.91. The maximum atomic E-state index is 11.4. The Kier molecular flexibility index (Phi) is 4.03. The van der Waals surface area contributed by atoms with Gasteiger partial charge in [0, 0.05) is 12.5 Å². The fourth-order valence-corrected chi connectivity index (χ4v) is 2.96. The molecule has 1 heterocycles. The van der Waals surface area contributed by atoms with E-state index in [4.69, 9.17) is 4.98 Å². The first-order valence-corrected chi connectivity index (χ1v) is 7.93. The second-order valence-corrected chi connectivity index (χ2v) is 6.43. The summed E-state index contributed by atoms with van der Waals surface area (Å²) in [7, 11) is 0. The zero-order chi connectivity index (χ0) is 16.6. The molecule has 1 aromatic carbocycles. The van der Waals surface area contributed by atoms with Gasteiger partial charge in [-0.2, -0.15) is 0 Å². The molecule has 1 aromatic heterocycles. The largest absolute Gasteiger partial charge is 0.508 e. The van der Waals surface area contributed by atoms with Crippen molar-refractivity contribution < 1.29 is 9.90 Å². The van der Waals surface area contributed by atoms with Crippen molar-refractivity contribution in [1.82, 2.24) is 9.97 Å². The number of phenols is 1. The van der Waals surface area contributed by atoms with Crippen LogP contribution < -0.4 is 5.32 Å². The third kappa shape index (κ3) is 3.18. The van der Waals surface area contributed by atoms with Gasteiger partial charge in [-0.25, -0.2) is 9.97 Å². The van der Waals surface area contributed by atoms with Crippen molar-refractivity contribution in [2.75, 3.05) is 5.32 Å². The maximum absolute atomic E-state index is 11.4. The molecule has 0 fully saturated rings. The summed E-state index contributed by atoms with van der Waals surface area (Å²) in [5.74, 6) is 1.13. The molecule has 23 heavy (non-hydrogen) atoms. The number of anilines is 1. The fourth-order valence-electron chi connectivity index (χ4n) is 2.96. The Balaban J connectivity index is 2.12. The van der Waals surface area contributed by atoms with E-state index >= 15 is 0 Å². The lowest BCUT2D eigenvalue weighted by atomic mass is 9.91. The number of nitrogens with zero attached hydrogens (tertiary/aromatic N) is 2. The molecule has 5 nitrogen and oxygen atoms in total. The number of amides is 1. The van der Waals surface area contributed by atoms with E-state index in [1.807, 2.05) is 6.07 Å². The zero-order valence-electron chi connectivity index (χ0n) is 13.7. The number of hydrogen-bond acceptors (Lipinski definition) is 4. The quantitative estimate of drug-likeness (QED) is 0.913. The van der Waals surface area contributed by atoms with E-state index in [2.05, 4.69) is 24.1 Å². The van der Waals surface area contributed by atoms with E-state index in [-0.39, 0.29) is 11.7 Å². The normalized spacial score (nSPS) is 12.7. The van der Waals surface area contributed by atoms with Gasteiger partial charge in [0.2, 0.25) is 5.91 Å². The van der Waals surface area contributed by atoms with Gasteiger partial charge in [0.15, 0.2) is 5.82 Å². The number of benzene rings is 1. The molecule has 0 unspecified atom stereocenters. The molecule has 3 rings (SSSR count). The van der Waals surface area contributed by atoms with Crippen molar-refractivity contribution in [2.45, 2.75) is 40.0 Å². The van der Waals surface area contributed by atoms with E-state index in [1.165, 1.54) is 6.92 Å². The molecule has 0 saturated carbocycles. The molecule has 0 aliphatic heterocycles. The number of fused-ring (bicyclic) bond motifs is 3. The number of phenolic OH excluding ortho intramolecular Hbond substituents is 1. The summed E-state index contributed by atoms with van der Waals surface area (Å²) in [6.07, 6.45) is 2.32. The number of aryl methyl sites for hydroxylation is 2. The van der Waals surface area contributed by atoms with Gasteiger partial charge in [0.25, 0.3) is 0 Å². The smallest absolute Gasteiger partial charge is 0.222 e. The highest BCUT2D eigenvalue weighted by Gasteiger charge is 2.22. The Morgan fingerprint density at radius 2 is 2.09 bits per heavy atom. The maximum Gasteiger partial charge on any atom is 0.222 e. The lowest BCUT2D eigenvalue weighted by Gasteiger charge is -2.21. The molecular weight excluding hydrogens is 290 g/mol. The highest BCUT2D eigenvalue weighted by atomic mass is 16.3. The highest BCUT2D eigenvalue weighted by molar-refractivity contribution is 5.88. The van der Waals surface area contributed by atoms with Crippen LogP contribution in [0.1, 0.15) is 37.7 Å². The van der Waals surface area contributed by atoms with Gasteiger partial charge in [0.05, 0.1) is 17.1 Å². The predicted octanol–water partition coefficient (Wildman–Crippen LogP) is 3.10. The van der Waals surface area contributed by atoms with Crippen LogP contribution in [-0.2, 0) is 24.1 Å². The van der Waals surface area contributed by atoms with E-state index in [0.717, 1.165) is 47.5 Å². The first-order valence-electron chi connectivity index (χ1n) is 7.93. The molecule has 1 aliphatic rings. The van der Waals surface area contributed by atoms with Gasteiger partial charge in [-0.3, -0.25) is 4.79 Å². The summed E-state index contributed by atoms with van der Waals surface area (Å²) in [6, 6.07) is 5.37. The average molecular weight is 311 g/mol. The molecule has 0 bridgehead atoms. The van der Waals surface area contributed by atoms with Crippen molar-refractivity contribution in [3.63, 3.8) is 0 Å². The molecule has 5 heteroatoms.